The number of carbonyl (C=O) groups excluding carboxylic acids is 2. The molecule has 1 amide bonds. The molecule has 0 atom stereocenters. The second kappa shape index (κ2) is 9.41. The average Bonchev–Trinajstić information content (AvgIpc) is 3.50. The van der Waals surface area contributed by atoms with Crippen molar-refractivity contribution in [2.24, 2.45) is 0 Å². The summed E-state index contributed by atoms with van der Waals surface area (Å²) in [4.78, 5) is 26.7. The molecule has 0 unspecified atom stereocenters. The summed E-state index contributed by atoms with van der Waals surface area (Å²) in [7, 11) is -9.18. The monoisotopic (exact) mass is 605 g/mol. The highest BCUT2D eigenvalue weighted by molar-refractivity contribution is 8.45. The molecule has 0 fully saturated rings. The summed E-state index contributed by atoms with van der Waals surface area (Å²) in [6.07, 6.45) is 6.09. The van der Waals surface area contributed by atoms with E-state index in [1.54, 1.807) is 54.4 Å². The van der Waals surface area contributed by atoms with Crippen LogP contribution in [0.4, 0.5) is 25.1 Å². The van der Waals surface area contributed by atoms with E-state index in [4.69, 9.17) is 0 Å². The van der Waals surface area contributed by atoms with Crippen LogP contribution < -0.4 is 5.32 Å². The Labute approximate surface area is 236 Å². The first kappa shape index (κ1) is 28.8. The number of pyridine rings is 1. The average molecular weight is 606 g/mol. The van der Waals surface area contributed by atoms with Gasteiger partial charge in [0.05, 0.1) is 24.9 Å². The predicted octanol–water partition coefficient (Wildman–Crippen LogP) is 7.43. The smallest absolute Gasteiger partial charge is 0.310 e. The van der Waals surface area contributed by atoms with E-state index < -0.39 is 44.5 Å². The Kier molecular flexibility index (Phi) is 6.45. The lowest BCUT2D eigenvalue weighted by atomic mass is 10.1. The van der Waals surface area contributed by atoms with E-state index in [2.05, 4.69) is 20.1 Å². The molecule has 220 valence electrons. The molecule has 1 N–H and O–H groups in total. The minimum absolute atomic E-state index is 0.0871. The number of ether oxygens (including phenoxy) is 1. The number of esters is 1. The molecule has 42 heavy (non-hydrogen) atoms. The van der Waals surface area contributed by atoms with Crippen LogP contribution in [-0.4, -0.2) is 38.2 Å². The zero-order chi connectivity index (χ0) is 30.5. The molecule has 0 aliphatic carbocycles. The van der Waals surface area contributed by atoms with Gasteiger partial charge in [-0.3, -0.25) is 19.1 Å². The molecule has 8 nitrogen and oxygen atoms in total. The fraction of sp³-hybridized carbons (Fsp3) is 0.143. The molecule has 5 aromatic rings. The molecule has 0 bridgehead atoms. The van der Waals surface area contributed by atoms with Crippen molar-refractivity contribution in [1.29, 1.82) is 0 Å². The lowest BCUT2D eigenvalue weighted by Crippen LogP contribution is -2.16. The second-order valence-electron chi connectivity index (χ2n) is 9.74. The van der Waals surface area contributed by atoms with Crippen LogP contribution in [0.1, 0.15) is 27.0 Å². The van der Waals surface area contributed by atoms with Gasteiger partial charge in [-0.05, 0) is 66.9 Å². The summed E-state index contributed by atoms with van der Waals surface area (Å²) in [5.74, 6) is -2.02. The van der Waals surface area contributed by atoms with Crippen molar-refractivity contribution in [3.8, 4) is 16.9 Å². The number of amides is 1. The topological polar surface area (TPSA) is 90.5 Å². The minimum Gasteiger partial charge on any atom is -0.469 e. The van der Waals surface area contributed by atoms with Gasteiger partial charge in [0.2, 0.25) is 0 Å². The van der Waals surface area contributed by atoms with Crippen LogP contribution in [0.5, 0.6) is 0 Å². The van der Waals surface area contributed by atoms with Crippen molar-refractivity contribution >= 4 is 33.4 Å². The third-order valence-corrected chi connectivity index (χ3v) is 7.70. The number of nitrogens with zero attached hydrogens (tertiary/aromatic N) is 4. The van der Waals surface area contributed by atoms with E-state index in [0.29, 0.717) is 22.6 Å². The predicted molar refractivity (Wildman–Crippen MR) is 149 cm³/mol. The number of methoxy groups -OCH3 is 1. The largest absolute Gasteiger partial charge is 0.469 e. The van der Waals surface area contributed by atoms with Gasteiger partial charge in [0.15, 0.2) is 0 Å². The molecule has 3 aromatic heterocycles. The van der Waals surface area contributed by atoms with E-state index >= 15 is 0 Å². The third kappa shape index (κ3) is 5.84. The van der Waals surface area contributed by atoms with Crippen molar-refractivity contribution in [2.75, 3.05) is 12.4 Å². The van der Waals surface area contributed by atoms with Crippen molar-refractivity contribution in [1.82, 2.24) is 19.2 Å². The maximum Gasteiger partial charge on any atom is 0.310 e. The summed E-state index contributed by atoms with van der Waals surface area (Å²) in [6, 6.07) is 10.1. The Morgan fingerprint density at radius 2 is 1.74 bits per heavy atom. The summed E-state index contributed by atoms with van der Waals surface area (Å²) in [6.45, 7) is 3.53. The van der Waals surface area contributed by atoms with Gasteiger partial charge in [-0.2, -0.15) is 5.10 Å². The highest BCUT2D eigenvalue weighted by Crippen LogP contribution is 3.02. The first-order chi connectivity index (χ1) is 19.5. The highest BCUT2D eigenvalue weighted by atomic mass is 32.5. The van der Waals surface area contributed by atoms with Gasteiger partial charge in [0, 0.05) is 47.7 Å². The Hall–Kier alpha value is -4.72. The summed E-state index contributed by atoms with van der Waals surface area (Å²) in [5.41, 5.74) is 3.31. The number of aryl methyl sites for hydroxylation is 2. The van der Waals surface area contributed by atoms with E-state index in [1.165, 1.54) is 0 Å². The summed E-state index contributed by atoms with van der Waals surface area (Å²) >= 11 is 0. The Morgan fingerprint density at radius 1 is 0.976 bits per heavy atom. The van der Waals surface area contributed by atoms with Crippen molar-refractivity contribution in [3.63, 3.8) is 0 Å². The lowest BCUT2D eigenvalue weighted by molar-refractivity contribution is -0.139. The lowest BCUT2D eigenvalue weighted by Gasteiger charge is -2.40. The molecule has 0 aliphatic heterocycles. The van der Waals surface area contributed by atoms with Crippen LogP contribution in [0, 0.1) is 13.8 Å². The zero-order valence-electron chi connectivity index (χ0n) is 22.4. The maximum atomic E-state index is 13.7. The van der Waals surface area contributed by atoms with E-state index in [1.807, 2.05) is 23.6 Å². The van der Waals surface area contributed by atoms with Crippen LogP contribution in [-0.2, 0) is 16.0 Å². The van der Waals surface area contributed by atoms with Gasteiger partial charge < -0.3 is 10.1 Å². The highest BCUT2D eigenvalue weighted by Gasteiger charge is 2.65. The number of carbonyl (C=O) groups is 2. The first-order valence-corrected chi connectivity index (χ1v) is 14.3. The fourth-order valence-electron chi connectivity index (χ4n) is 4.52. The van der Waals surface area contributed by atoms with Gasteiger partial charge in [0.1, 0.15) is 10.5 Å². The van der Waals surface area contributed by atoms with E-state index in [-0.39, 0.29) is 17.8 Å². The number of imidazole rings is 1. The molecule has 14 heteroatoms. The molecule has 0 saturated heterocycles. The number of anilines is 1. The van der Waals surface area contributed by atoms with E-state index in [0.717, 1.165) is 24.3 Å². The molecular formula is C28H24F5N5O3S. The minimum atomic E-state index is -10.2. The molecule has 0 saturated carbocycles. The maximum absolute atomic E-state index is 13.7. The number of hydrogen-bond acceptors (Lipinski definition) is 5. The molecule has 5 rings (SSSR count). The Morgan fingerprint density at radius 3 is 2.40 bits per heavy atom. The van der Waals surface area contributed by atoms with Crippen molar-refractivity contribution in [2.45, 2.75) is 25.2 Å². The molecule has 3 heterocycles. The fourth-order valence-corrected chi connectivity index (χ4v) is 5.25. The Balaban J connectivity index is 1.53. The molecule has 0 spiro atoms. The number of hydrogen-bond donors (Lipinski definition) is 1. The van der Waals surface area contributed by atoms with Crippen LogP contribution in [0.25, 0.3) is 22.6 Å². The van der Waals surface area contributed by atoms with Gasteiger partial charge in [-0.1, -0.05) is 25.5 Å². The van der Waals surface area contributed by atoms with Gasteiger partial charge in [-0.15, -0.1) is 0 Å². The zero-order valence-corrected chi connectivity index (χ0v) is 23.3. The van der Waals surface area contributed by atoms with E-state index in [9.17, 15) is 29.0 Å². The third-order valence-electron chi connectivity index (χ3n) is 6.58. The first-order valence-electron chi connectivity index (χ1n) is 12.4. The number of nitrogens with one attached hydrogen (secondary N) is 1. The molecular weight excluding hydrogens is 581 g/mol. The summed E-state index contributed by atoms with van der Waals surface area (Å²) in [5, 5.41) is 7.10. The van der Waals surface area contributed by atoms with Crippen LogP contribution >= 0.6 is 10.2 Å². The number of rotatable bonds is 7. The quantitative estimate of drug-likeness (QED) is 0.154. The number of halogens is 5. The Bertz CT molecular complexity index is 1870. The van der Waals surface area contributed by atoms with Crippen LogP contribution in [0.15, 0.2) is 78.2 Å². The molecule has 2 aromatic carbocycles. The van der Waals surface area contributed by atoms with Gasteiger partial charge in [-0.25, -0.2) is 4.52 Å². The van der Waals surface area contributed by atoms with Crippen molar-refractivity contribution in [3.05, 3.63) is 95.6 Å². The van der Waals surface area contributed by atoms with Crippen LogP contribution in [0.3, 0.4) is 0 Å². The van der Waals surface area contributed by atoms with Crippen LogP contribution in [0.2, 0.25) is 0 Å². The summed E-state index contributed by atoms with van der Waals surface area (Å²) < 4.78 is 76.5. The number of fused-ring (bicyclic) bond motifs is 1. The van der Waals surface area contributed by atoms with Gasteiger partial charge >= 0.3 is 16.2 Å². The normalized spacial score (nSPS) is 13.4. The number of benzene rings is 2. The second-order valence-corrected chi connectivity index (χ2v) is 12.1. The van der Waals surface area contributed by atoms with Crippen molar-refractivity contribution < 1.29 is 33.8 Å². The van der Waals surface area contributed by atoms with Gasteiger partial charge in [0.25, 0.3) is 5.91 Å². The number of aromatic nitrogens is 4. The SMILES string of the molecule is COC(=O)Cc1cc(C(=O)Nc2cc(-n3ccn4nc(-c5cccnc5)cc34)c(C)cc2C)cc(S(F)(F)(F)(F)F)c1. The molecule has 0 radical (unpaired) electrons. The molecule has 0 aliphatic rings. The standard InChI is InChI=1S/C28H24F5N5O3S/c1-17-9-18(2)25(37-7-8-38-26(37)15-24(36-38)20-5-4-6-34-16-20)14-23(17)35-28(40)21-10-19(12-27(39)41-3)11-22(13-21)42(29,30,31,32)33/h4-11,13-16H,12H2,1-3H3,(H,35,40).